The maximum Gasteiger partial charge on any atom is 0.697 e. The lowest BCUT2D eigenvalue weighted by molar-refractivity contribution is -0.238. The summed E-state index contributed by atoms with van der Waals surface area (Å²) in [6, 6.07) is 0. The lowest BCUT2D eigenvalue weighted by Crippen LogP contribution is -2.56. The first-order chi connectivity index (χ1) is 22.6. The average molecular weight is 692 g/mol. The van der Waals surface area contributed by atoms with Gasteiger partial charge in [0.2, 0.25) is 0 Å². The highest BCUT2D eigenvalue weighted by Gasteiger charge is 2.62. The molecule has 0 radical (unpaired) electrons. The van der Waals surface area contributed by atoms with E-state index in [1.54, 1.807) is 0 Å². The minimum Gasteiger partial charge on any atom is -0.342 e. The van der Waals surface area contributed by atoms with Crippen LogP contribution in [-0.4, -0.2) is 55.0 Å². The van der Waals surface area contributed by atoms with Gasteiger partial charge in [-0.25, -0.2) is 0 Å². The van der Waals surface area contributed by atoms with Crippen LogP contribution >= 0.6 is 8.25 Å². The Morgan fingerprint density at radius 1 is 0.854 bits per heavy atom. The van der Waals surface area contributed by atoms with Gasteiger partial charge in [-0.3, -0.25) is 0 Å². The SMILES string of the molecule is CC(C)CCC[C@@H](C)[C@H]1CC[C@H]2[C@@H]3CC=C4C[C@@H](O[P+](=O)OC[C@H]5O[C@@H]6OC(C)(C)O[C@@H]6[C@H]6OC(C)(C)O[C@H]65)CC[C@]4(C)[C@H]3CC[C@]12C. The standard InChI is InChI=1S/C39H64O8P/c1-23(2)11-10-12-24(3)28-15-16-29-27-14-13-25-21-26(17-19-38(25,8)30(27)18-20-39(28,29)9)47-48(40)41-22-31-32-33(44-36(4,5)43-32)34-35(42-31)46-37(6,7)45-34/h13,23-24,26-35H,10-12,14-22H2,1-9H3/q+1/t24-,26+,27+,28-,29+,30+,31-,32+,33+,34-,35-,38+,39-/m1/s1. The molecular weight excluding hydrogens is 627 g/mol. The molecule has 3 aliphatic heterocycles. The molecule has 272 valence electrons. The van der Waals surface area contributed by atoms with E-state index in [-0.39, 0.29) is 24.2 Å². The van der Waals surface area contributed by atoms with Crippen LogP contribution in [0.15, 0.2) is 11.6 Å². The van der Waals surface area contributed by atoms with E-state index in [2.05, 4.69) is 40.7 Å². The zero-order chi connectivity index (χ0) is 34.2. The number of hydrogen-bond acceptors (Lipinski definition) is 8. The van der Waals surface area contributed by atoms with Crippen molar-refractivity contribution in [2.24, 2.45) is 46.3 Å². The summed E-state index contributed by atoms with van der Waals surface area (Å²) >= 11 is 0. The Bertz CT molecular complexity index is 1230. The Labute approximate surface area is 291 Å². The molecule has 0 aromatic heterocycles. The molecule has 7 rings (SSSR count). The van der Waals surface area contributed by atoms with Crippen molar-refractivity contribution < 1.29 is 37.3 Å². The van der Waals surface area contributed by atoms with E-state index in [1.807, 2.05) is 27.7 Å². The molecular formula is C39H64O8P+. The molecule has 9 heteroatoms. The second-order valence-corrected chi connectivity index (χ2v) is 19.4. The van der Waals surface area contributed by atoms with Gasteiger partial charge in [-0.15, -0.1) is 9.05 Å². The monoisotopic (exact) mass is 691 g/mol. The lowest BCUT2D eigenvalue weighted by Gasteiger charge is -2.58. The molecule has 4 aliphatic carbocycles. The third kappa shape index (κ3) is 6.66. The van der Waals surface area contributed by atoms with Crippen LogP contribution in [0.4, 0.5) is 0 Å². The van der Waals surface area contributed by atoms with Crippen LogP contribution in [0.1, 0.15) is 133 Å². The van der Waals surface area contributed by atoms with Crippen LogP contribution in [0.2, 0.25) is 0 Å². The van der Waals surface area contributed by atoms with Crippen LogP contribution in [0.5, 0.6) is 0 Å². The number of ether oxygens (including phenoxy) is 5. The summed E-state index contributed by atoms with van der Waals surface area (Å²) in [5, 5.41) is 0. The Hall–Kier alpha value is -0.440. The van der Waals surface area contributed by atoms with Gasteiger partial charge >= 0.3 is 8.25 Å². The number of allylic oxidation sites excluding steroid dienone is 1. The molecule has 0 amide bonds. The molecule has 14 atom stereocenters. The fraction of sp³-hybridized carbons (Fsp3) is 0.949. The topological polar surface area (TPSA) is 81.7 Å². The van der Waals surface area contributed by atoms with Crippen molar-refractivity contribution in [2.45, 2.75) is 181 Å². The molecule has 6 fully saturated rings. The third-order valence-corrected chi connectivity index (χ3v) is 14.9. The zero-order valence-electron chi connectivity index (χ0n) is 31.2. The molecule has 3 heterocycles. The summed E-state index contributed by atoms with van der Waals surface area (Å²) in [6.07, 6.45) is 14.0. The molecule has 3 saturated heterocycles. The van der Waals surface area contributed by atoms with Gasteiger partial charge in [0, 0.05) is 11.0 Å². The van der Waals surface area contributed by atoms with Crippen molar-refractivity contribution >= 4 is 8.25 Å². The van der Waals surface area contributed by atoms with Crippen molar-refractivity contribution in [3.63, 3.8) is 0 Å². The third-order valence-electron chi connectivity index (χ3n) is 14.1. The summed E-state index contributed by atoms with van der Waals surface area (Å²) < 4.78 is 55.9. The van der Waals surface area contributed by atoms with Crippen LogP contribution in [0.3, 0.4) is 0 Å². The smallest absolute Gasteiger partial charge is 0.342 e. The molecule has 0 aromatic carbocycles. The largest absolute Gasteiger partial charge is 0.697 e. The van der Waals surface area contributed by atoms with Gasteiger partial charge in [-0.05, 0) is 119 Å². The van der Waals surface area contributed by atoms with Crippen molar-refractivity contribution in [1.29, 1.82) is 0 Å². The second kappa shape index (κ2) is 13.2. The van der Waals surface area contributed by atoms with Crippen LogP contribution in [0.25, 0.3) is 0 Å². The summed E-state index contributed by atoms with van der Waals surface area (Å²) in [6.45, 7) is 20.1. The average Bonchev–Trinajstić information content (AvgIpc) is 3.63. The van der Waals surface area contributed by atoms with Crippen LogP contribution in [-0.2, 0) is 37.3 Å². The fourth-order valence-corrected chi connectivity index (χ4v) is 12.6. The maximum atomic E-state index is 13.2. The first-order valence-electron chi connectivity index (χ1n) is 19.4. The lowest BCUT2D eigenvalue weighted by atomic mass is 9.47. The second-order valence-electron chi connectivity index (χ2n) is 18.5. The van der Waals surface area contributed by atoms with Crippen LogP contribution in [0, 0.1) is 46.3 Å². The van der Waals surface area contributed by atoms with E-state index in [9.17, 15) is 4.57 Å². The fourth-order valence-electron chi connectivity index (χ4n) is 11.9. The highest BCUT2D eigenvalue weighted by molar-refractivity contribution is 7.33. The summed E-state index contributed by atoms with van der Waals surface area (Å²) in [5.74, 6) is 3.36. The summed E-state index contributed by atoms with van der Waals surface area (Å²) in [4.78, 5) is 0. The Kier molecular flexibility index (Phi) is 9.89. The first-order valence-corrected chi connectivity index (χ1v) is 20.5. The van der Waals surface area contributed by atoms with Gasteiger partial charge in [0.15, 0.2) is 17.9 Å². The van der Waals surface area contributed by atoms with E-state index in [0.717, 1.165) is 54.8 Å². The van der Waals surface area contributed by atoms with Gasteiger partial charge in [0.05, 0.1) is 0 Å². The minimum absolute atomic E-state index is 0.0667. The molecule has 0 bridgehead atoms. The van der Waals surface area contributed by atoms with E-state index in [1.165, 1.54) is 56.9 Å². The van der Waals surface area contributed by atoms with Gasteiger partial charge in [-0.1, -0.05) is 65.5 Å². The minimum atomic E-state index is -2.32. The van der Waals surface area contributed by atoms with Gasteiger partial charge in [0.1, 0.15) is 37.1 Å². The summed E-state index contributed by atoms with van der Waals surface area (Å²) in [5.41, 5.74) is 2.26. The Morgan fingerprint density at radius 3 is 2.35 bits per heavy atom. The van der Waals surface area contributed by atoms with Gasteiger partial charge in [0.25, 0.3) is 0 Å². The molecule has 48 heavy (non-hydrogen) atoms. The van der Waals surface area contributed by atoms with E-state index < -0.39 is 44.4 Å². The molecule has 0 spiro atoms. The van der Waals surface area contributed by atoms with Crippen molar-refractivity contribution in [2.75, 3.05) is 6.61 Å². The van der Waals surface area contributed by atoms with Crippen LogP contribution < -0.4 is 0 Å². The Balaban J connectivity index is 0.941. The first kappa shape index (κ1) is 35.9. The van der Waals surface area contributed by atoms with Gasteiger partial charge < -0.3 is 23.7 Å². The molecule has 8 nitrogen and oxygen atoms in total. The van der Waals surface area contributed by atoms with E-state index >= 15 is 0 Å². The molecule has 1 unspecified atom stereocenters. The normalized spacial score (nSPS) is 46.6. The highest BCUT2D eigenvalue weighted by atomic mass is 31.1. The molecule has 0 N–H and O–H groups in total. The number of fused-ring (bicyclic) bond motifs is 8. The molecule has 0 aromatic rings. The van der Waals surface area contributed by atoms with E-state index in [0.29, 0.717) is 5.41 Å². The van der Waals surface area contributed by atoms with E-state index in [4.69, 9.17) is 32.7 Å². The molecule has 3 saturated carbocycles. The quantitative estimate of drug-likeness (QED) is 0.166. The predicted octanol–water partition coefficient (Wildman–Crippen LogP) is 9.48. The van der Waals surface area contributed by atoms with Gasteiger partial charge in [-0.2, -0.15) is 0 Å². The molecule has 7 aliphatic rings. The highest BCUT2D eigenvalue weighted by Crippen LogP contribution is 2.67. The summed E-state index contributed by atoms with van der Waals surface area (Å²) in [7, 11) is -2.32. The van der Waals surface area contributed by atoms with Crippen molar-refractivity contribution in [3.8, 4) is 0 Å². The number of hydrogen-bond donors (Lipinski definition) is 0. The zero-order valence-corrected chi connectivity index (χ0v) is 32.1. The predicted molar refractivity (Wildman–Crippen MR) is 184 cm³/mol. The number of rotatable bonds is 10. The maximum absolute atomic E-state index is 13.2. The van der Waals surface area contributed by atoms with Crippen molar-refractivity contribution in [3.05, 3.63) is 11.6 Å². The Morgan fingerprint density at radius 2 is 1.58 bits per heavy atom. The van der Waals surface area contributed by atoms with Crippen molar-refractivity contribution in [1.82, 2.24) is 0 Å².